The van der Waals surface area contributed by atoms with Gasteiger partial charge in [0, 0.05) is 24.1 Å². The molecule has 0 spiro atoms. The number of rotatable bonds is 12. The van der Waals surface area contributed by atoms with Gasteiger partial charge in [0.2, 0.25) is 11.8 Å². The van der Waals surface area contributed by atoms with E-state index in [-0.39, 0.29) is 41.3 Å². The molecule has 5 atom stereocenters. The van der Waals surface area contributed by atoms with Gasteiger partial charge in [-0.05, 0) is 66.3 Å². The lowest BCUT2D eigenvalue weighted by atomic mass is 9.84. The van der Waals surface area contributed by atoms with Crippen molar-refractivity contribution >= 4 is 35.5 Å². The fourth-order valence-electron chi connectivity index (χ4n) is 7.31. The molecule has 5 rings (SSSR count). The second kappa shape index (κ2) is 16.9. The minimum absolute atomic E-state index is 0.00498. The SMILES string of the molecule is COC(=O)N[C@H](C(=O)C1CCC[C@H]1c1ncc(-c2ccc(-c3cccc(NC(=O)[C@@H]4CCCN4C(=O)[C@@H](NC(=O)OC)C(C)C)c3)cc2)[nH]1)C(C)C. The molecule has 1 aromatic heterocycles. The Labute approximate surface area is 304 Å². The van der Waals surface area contributed by atoms with Crippen molar-refractivity contribution in [2.75, 3.05) is 26.1 Å². The van der Waals surface area contributed by atoms with Crippen LogP contribution in [0.4, 0.5) is 15.3 Å². The average molecular weight is 715 g/mol. The fraction of sp³-hybridized carbons (Fsp3) is 0.487. The number of anilines is 1. The molecule has 1 saturated carbocycles. The Morgan fingerprint density at radius 1 is 0.808 bits per heavy atom. The molecule has 2 aliphatic rings. The number of nitrogens with one attached hydrogen (secondary N) is 4. The second-order valence-electron chi connectivity index (χ2n) is 14.3. The zero-order valence-electron chi connectivity index (χ0n) is 30.7. The van der Waals surface area contributed by atoms with E-state index in [2.05, 4.69) is 25.9 Å². The summed E-state index contributed by atoms with van der Waals surface area (Å²) in [4.78, 5) is 74.0. The van der Waals surface area contributed by atoms with Crippen LogP contribution in [-0.4, -0.2) is 83.5 Å². The number of imidazole rings is 1. The van der Waals surface area contributed by atoms with Crippen LogP contribution in [0.5, 0.6) is 0 Å². The summed E-state index contributed by atoms with van der Waals surface area (Å²) in [5.41, 5.74) is 4.24. The first kappa shape index (κ1) is 38.0. The molecule has 52 heavy (non-hydrogen) atoms. The van der Waals surface area contributed by atoms with E-state index in [0.29, 0.717) is 25.1 Å². The summed E-state index contributed by atoms with van der Waals surface area (Å²) < 4.78 is 9.46. The van der Waals surface area contributed by atoms with Gasteiger partial charge in [-0.1, -0.05) is 70.5 Å². The summed E-state index contributed by atoms with van der Waals surface area (Å²) in [6, 6.07) is 13.5. The van der Waals surface area contributed by atoms with Crippen molar-refractivity contribution in [1.82, 2.24) is 25.5 Å². The van der Waals surface area contributed by atoms with Crippen molar-refractivity contribution in [3.63, 3.8) is 0 Å². The summed E-state index contributed by atoms with van der Waals surface area (Å²) >= 11 is 0. The molecule has 1 unspecified atom stereocenters. The van der Waals surface area contributed by atoms with Crippen LogP contribution in [0.2, 0.25) is 0 Å². The van der Waals surface area contributed by atoms with Crippen molar-refractivity contribution in [3.05, 3.63) is 60.6 Å². The number of benzene rings is 2. The minimum Gasteiger partial charge on any atom is -0.453 e. The van der Waals surface area contributed by atoms with Crippen molar-refractivity contribution < 1.29 is 33.4 Å². The van der Waals surface area contributed by atoms with E-state index in [9.17, 15) is 24.0 Å². The Balaban J connectivity index is 1.25. The number of carbonyl (C=O) groups excluding carboxylic acids is 5. The number of Topliss-reactive ketones (excluding diaryl/α,β-unsaturated/α-hetero) is 1. The molecule has 2 aromatic carbocycles. The van der Waals surface area contributed by atoms with Crippen molar-refractivity contribution in [2.45, 2.75) is 83.8 Å². The Morgan fingerprint density at radius 2 is 1.46 bits per heavy atom. The quantitative estimate of drug-likeness (QED) is 0.180. The predicted octanol–water partition coefficient (Wildman–Crippen LogP) is 5.89. The summed E-state index contributed by atoms with van der Waals surface area (Å²) in [5, 5.41) is 8.32. The number of likely N-dealkylation sites (tertiary alicyclic amines) is 1. The smallest absolute Gasteiger partial charge is 0.407 e. The van der Waals surface area contributed by atoms with Crippen LogP contribution in [0.15, 0.2) is 54.7 Å². The van der Waals surface area contributed by atoms with E-state index in [4.69, 9.17) is 9.47 Å². The maximum absolute atomic E-state index is 13.6. The van der Waals surface area contributed by atoms with Gasteiger partial charge in [-0.2, -0.15) is 0 Å². The second-order valence-corrected chi connectivity index (χ2v) is 14.3. The molecule has 1 aliphatic carbocycles. The van der Waals surface area contributed by atoms with Crippen LogP contribution in [0, 0.1) is 17.8 Å². The van der Waals surface area contributed by atoms with Gasteiger partial charge in [0.25, 0.3) is 0 Å². The van der Waals surface area contributed by atoms with Gasteiger partial charge in [-0.15, -0.1) is 0 Å². The lowest BCUT2D eigenvalue weighted by Crippen LogP contribution is -2.54. The highest BCUT2D eigenvalue weighted by atomic mass is 16.5. The minimum atomic E-state index is -0.802. The molecule has 1 saturated heterocycles. The molecule has 13 nitrogen and oxygen atoms in total. The first-order valence-corrected chi connectivity index (χ1v) is 18.0. The lowest BCUT2D eigenvalue weighted by molar-refractivity contribution is -0.139. The van der Waals surface area contributed by atoms with Gasteiger partial charge in [0.15, 0.2) is 5.78 Å². The number of hydrogen-bond acceptors (Lipinski definition) is 8. The maximum Gasteiger partial charge on any atom is 0.407 e. The molecule has 4 N–H and O–H groups in total. The van der Waals surface area contributed by atoms with Crippen molar-refractivity contribution in [3.8, 4) is 22.4 Å². The Kier molecular flexibility index (Phi) is 12.3. The zero-order valence-corrected chi connectivity index (χ0v) is 30.7. The van der Waals surface area contributed by atoms with Crippen LogP contribution in [-0.2, 0) is 23.9 Å². The largest absolute Gasteiger partial charge is 0.453 e. The Bertz CT molecular complexity index is 1750. The molecule has 0 bridgehead atoms. The van der Waals surface area contributed by atoms with Crippen molar-refractivity contribution in [1.29, 1.82) is 0 Å². The van der Waals surface area contributed by atoms with E-state index >= 15 is 0 Å². The topological polar surface area (TPSA) is 172 Å². The van der Waals surface area contributed by atoms with Gasteiger partial charge in [0.05, 0.1) is 32.2 Å². The summed E-state index contributed by atoms with van der Waals surface area (Å²) in [6.45, 7) is 7.92. The van der Waals surface area contributed by atoms with Crippen LogP contribution < -0.4 is 16.0 Å². The molecular formula is C39H50N6O7. The molecule has 2 heterocycles. The monoisotopic (exact) mass is 714 g/mol. The number of H-pyrrole nitrogens is 1. The average Bonchev–Trinajstić information content (AvgIpc) is 3.93. The number of aromatic amines is 1. The van der Waals surface area contributed by atoms with E-state index in [1.807, 2.05) is 76.2 Å². The Hall–Kier alpha value is -5.20. The van der Waals surface area contributed by atoms with Gasteiger partial charge in [-0.3, -0.25) is 14.4 Å². The number of methoxy groups -OCH3 is 2. The third kappa shape index (κ3) is 8.63. The van der Waals surface area contributed by atoms with Gasteiger partial charge in [0.1, 0.15) is 17.9 Å². The van der Waals surface area contributed by atoms with E-state index in [1.54, 1.807) is 11.1 Å². The third-order valence-corrected chi connectivity index (χ3v) is 10.1. The van der Waals surface area contributed by atoms with Crippen LogP contribution >= 0.6 is 0 Å². The standard InChI is InChI=1S/C39H50N6O7/c1-22(2)32(43-38(49)51-5)34(46)28-12-8-13-29(28)35-40-21-30(42-35)25-17-15-24(16-18-25)26-10-7-11-27(20-26)41-36(47)31-14-9-19-45(31)37(48)33(23(3)4)44-39(50)52-6/h7,10-11,15-18,20-23,28-29,31-33H,8-9,12-14,19H2,1-6H3,(H,40,42)(H,41,47)(H,43,49)(H,44,50)/t28?,29-,31+,32+,33+/m1/s1. The number of ketones is 1. The van der Waals surface area contributed by atoms with E-state index in [1.165, 1.54) is 14.2 Å². The molecular weight excluding hydrogens is 664 g/mol. The van der Waals surface area contributed by atoms with E-state index < -0.39 is 30.3 Å². The molecule has 2 fully saturated rings. The normalized spacial score (nSPS) is 19.6. The molecule has 3 aromatic rings. The highest BCUT2D eigenvalue weighted by molar-refractivity contribution is 5.99. The molecule has 13 heteroatoms. The molecule has 0 radical (unpaired) electrons. The molecule has 4 amide bonds. The summed E-state index contributed by atoms with van der Waals surface area (Å²) in [7, 11) is 2.54. The summed E-state index contributed by atoms with van der Waals surface area (Å²) in [6.07, 6.45) is 4.17. The fourth-order valence-corrected chi connectivity index (χ4v) is 7.31. The lowest BCUT2D eigenvalue weighted by Gasteiger charge is -2.30. The number of carbonyl (C=O) groups is 5. The third-order valence-electron chi connectivity index (χ3n) is 10.1. The number of alkyl carbamates (subject to hydrolysis) is 2. The maximum atomic E-state index is 13.6. The predicted molar refractivity (Wildman–Crippen MR) is 196 cm³/mol. The first-order valence-electron chi connectivity index (χ1n) is 18.0. The first-order chi connectivity index (χ1) is 24.9. The van der Waals surface area contributed by atoms with Crippen LogP contribution in [0.1, 0.15) is 71.5 Å². The number of nitrogens with zero attached hydrogens (tertiary/aromatic N) is 2. The Morgan fingerprint density at radius 3 is 2.12 bits per heavy atom. The van der Waals surface area contributed by atoms with Gasteiger partial charge in [-0.25, -0.2) is 14.6 Å². The van der Waals surface area contributed by atoms with Gasteiger partial charge < -0.3 is 35.3 Å². The van der Waals surface area contributed by atoms with Crippen molar-refractivity contribution in [2.24, 2.45) is 17.8 Å². The molecule has 278 valence electrons. The summed E-state index contributed by atoms with van der Waals surface area (Å²) in [5.74, 6) is -0.403. The number of hydrogen-bond donors (Lipinski definition) is 4. The highest BCUT2D eigenvalue weighted by Crippen LogP contribution is 2.40. The van der Waals surface area contributed by atoms with Gasteiger partial charge >= 0.3 is 12.2 Å². The number of aromatic nitrogens is 2. The highest BCUT2D eigenvalue weighted by Gasteiger charge is 2.41. The zero-order chi connectivity index (χ0) is 37.5. The van der Waals surface area contributed by atoms with Crippen LogP contribution in [0.25, 0.3) is 22.4 Å². The number of ether oxygens (including phenoxy) is 2. The molecule has 1 aliphatic heterocycles. The van der Waals surface area contributed by atoms with Crippen LogP contribution in [0.3, 0.4) is 0 Å². The van der Waals surface area contributed by atoms with E-state index in [0.717, 1.165) is 47.5 Å². The number of amides is 4.